The Morgan fingerprint density at radius 3 is 2.66 bits per heavy atom. The number of methoxy groups -OCH3 is 2. The van der Waals surface area contributed by atoms with Gasteiger partial charge in [0.2, 0.25) is 5.89 Å². The zero-order valence-corrected chi connectivity index (χ0v) is 19.0. The monoisotopic (exact) mass is 452 g/mol. The van der Waals surface area contributed by atoms with E-state index in [1.54, 1.807) is 43.1 Å². The highest BCUT2D eigenvalue weighted by Crippen LogP contribution is 2.31. The van der Waals surface area contributed by atoms with Crippen LogP contribution >= 0.6 is 11.8 Å². The molecule has 8 nitrogen and oxygen atoms in total. The van der Waals surface area contributed by atoms with Crippen LogP contribution in [0.25, 0.3) is 16.6 Å². The minimum Gasteiger partial charge on any atom is -0.493 e. The Bertz CT molecular complexity index is 1280. The van der Waals surface area contributed by atoms with Crippen molar-refractivity contribution in [3.8, 4) is 17.2 Å². The van der Waals surface area contributed by atoms with Crippen molar-refractivity contribution in [1.82, 2.24) is 19.7 Å². The van der Waals surface area contributed by atoms with Crippen molar-refractivity contribution in [2.75, 3.05) is 14.2 Å². The van der Waals surface area contributed by atoms with E-state index in [2.05, 4.69) is 17.1 Å². The Morgan fingerprint density at radius 1 is 1.06 bits per heavy atom. The number of unbranched alkanes of at least 4 members (excludes halogenated alkanes) is 1. The van der Waals surface area contributed by atoms with E-state index in [4.69, 9.17) is 19.0 Å². The van der Waals surface area contributed by atoms with Crippen molar-refractivity contribution in [2.24, 2.45) is 0 Å². The molecule has 0 aliphatic carbocycles. The molecule has 4 rings (SSSR count). The first-order valence-electron chi connectivity index (χ1n) is 10.3. The smallest absolute Gasteiger partial charge is 0.266 e. The summed E-state index contributed by atoms with van der Waals surface area (Å²) in [5.41, 5.74) is 1.09. The Hall–Kier alpha value is -3.33. The van der Waals surface area contributed by atoms with Gasteiger partial charge in [-0.25, -0.2) is 4.98 Å². The predicted molar refractivity (Wildman–Crippen MR) is 123 cm³/mol. The molecule has 2 aromatic heterocycles. The van der Waals surface area contributed by atoms with Crippen LogP contribution in [0.15, 0.2) is 56.9 Å². The van der Waals surface area contributed by atoms with Crippen LogP contribution in [-0.2, 0) is 12.2 Å². The van der Waals surface area contributed by atoms with Gasteiger partial charge in [0.15, 0.2) is 22.5 Å². The van der Waals surface area contributed by atoms with E-state index in [-0.39, 0.29) is 5.56 Å². The first-order chi connectivity index (χ1) is 15.6. The summed E-state index contributed by atoms with van der Waals surface area (Å²) in [6.45, 7) is 2.12. The zero-order valence-electron chi connectivity index (χ0n) is 18.2. The summed E-state index contributed by atoms with van der Waals surface area (Å²) in [6.07, 6.45) is 2.86. The summed E-state index contributed by atoms with van der Waals surface area (Å²) in [6, 6.07) is 12.6. The maximum Gasteiger partial charge on any atom is 0.266 e. The van der Waals surface area contributed by atoms with E-state index >= 15 is 0 Å². The summed E-state index contributed by atoms with van der Waals surface area (Å²) in [5, 5.41) is 5.09. The maximum atomic E-state index is 13.4. The van der Waals surface area contributed by atoms with Crippen molar-refractivity contribution in [1.29, 1.82) is 0 Å². The molecule has 9 heteroatoms. The Labute approximate surface area is 189 Å². The van der Waals surface area contributed by atoms with Crippen LogP contribution < -0.4 is 15.0 Å². The molecular weight excluding hydrogens is 428 g/mol. The number of benzene rings is 2. The second-order valence-electron chi connectivity index (χ2n) is 7.09. The number of aromatic nitrogens is 4. The third kappa shape index (κ3) is 4.47. The number of fused-ring (bicyclic) bond motifs is 1. The number of aryl methyl sites for hydroxylation is 1. The number of nitrogens with zero attached hydrogens (tertiary/aromatic N) is 4. The highest BCUT2D eigenvalue weighted by atomic mass is 32.2. The average Bonchev–Trinajstić information content (AvgIpc) is 3.29. The van der Waals surface area contributed by atoms with E-state index < -0.39 is 0 Å². The van der Waals surface area contributed by atoms with Crippen molar-refractivity contribution >= 4 is 22.7 Å². The topological polar surface area (TPSA) is 92.3 Å². The van der Waals surface area contributed by atoms with E-state index in [1.807, 2.05) is 18.2 Å². The minimum atomic E-state index is -0.167. The molecule has 0 N–H and O–H groups in total. The number of hydrogen-bond acceptors (Lipinski definition) is 8. The van der Waals surface area contributed by atoms with Crippen LogP contribution in [-0.4, -0.2) is 33.9 Å². The molecule has 166 valence electrons. The molecule has 2 heterocycles. The first-order valence-corrected chi connectivity index (χ1v) is 11.3. The molecule has 32 heavy (non-hydrogen) atoms. The second kappa shape index (κ2) is 9.86. The third-order valence-electron chi connectivity index (χ3n) is 4.96. The fourth-order valence-electron chi connectivity index (χ4n) is 3.31. The number of para-hydroxylation sites is 1. The molecule has 0 amide bonds. The second-order valence-corrected chi connectivity index (χ2v) is 8.03. The molecule has 0 unspecified atom stereocenters. The van der Waals surface area contributed by atoms with Gasteiger partial charge in [-0.3, -0.25) is 9.36 Å². The average molecular weight is 453 g/mol. The van der Waals surface area contributed by atoms with Crippen molar-refractivity contribution in [3.63, 3.8) is 0 Å². The van der Waals surface area contributed by atoms with Gasteiger partial charge >= 0.3 is 0 Å². The lowest BCUT2D eigenvalue weighted by molar-refractivity contribution is 0.354. The fraction of sp³-hybridized carbons (Fsp3) is 0.304. The lowest BCUT2D eigenvalue weighted by Gasteiger charge is -2.15. The van der Waals surface area contributed by atoms with Crippen molar-refractivity contribution in [3.05, 3.63) is 64.5 Å². The molecule has 0 fully saturated rings. The van der Waals surface area contributed by atoms with Gasteiger partial charge in [0.25, 0.3) is 5.56 Å². The molecule has 2 aromatic carbocycles. The van der Waals surface area contributed by atoms with Crippen LogP contribution in [0.1, 0.15) is 31.5 Å². The van der Waals surface area contributed by atoms with Crippen LogP contribution in [0.3, 0.4) is 0 Å². The number of ether oxygens (including phenoxy) is 2. The van der Waals surface area contributed by atoms with E-state index in [0.717, 1.165) is 19.3 Å². The normalized spacial score (nSPS) is 11.1. The molecule has 0 radical (unpaired) electrons. The molecule has 4 aromatic rings. The predicted octanol–water partition coefficient (Wildman–Crippen LogP) is 4.42. The van der Waals surface area contributed by atoms with E-state index in [1.165, 1.54) is 11.8 Å². The Morgan fingerprint density at radius 2 is 1.88 bits per heavy atom. The highest BCUT2D eigenvalue weighted by molar-refractivity contribution is 7.98. The summed E-state index contributed by atoms with van der Waals surface area (Å²) >= 11 is 1.37. The Balaban J connectivity index is 1.74. The number of rotatable bonds is 9. The van der Waals surface area contributed by atoms with Crippen LogP contribution in [0, 0.1) is 0 Å². The van der Waals surface area contributed by atoms with Crippen molar-refractivity contribution in [2.45, 2.75) is 37.1 Å². The van der Waals surface area contributed by atoms with Gasteiger partial charge in [-0.2, -0.15) is 4.98 Å². The zero-order chi connectivity index (χ0) is 22.5. The fourth-order valence-corrected chi connectivity index (χ4v) is 4.16. The third-order valence-corrected chi connectivity index (χ3v) is 5.88. The van der Waals surface area contributed by atoms with Gasteiger partial charge in [0.1, 0.15) is 0 Å². The summed E-state index contributed by atoms with van der Waals surface area (Å²) in [7, 11) is 3.13. The van der Waals surface area contributed by atoms with Gasteiger partial charge in [-0.05, 0) is 30.7 Å². The van der Waals surface area contributed by atoms with E-state index in [9.17, 15) is 4.79 Å². The van der Waals surface area contributed by atoms with Crippen LogP contribution in [0.2, 0.25) is 0 Å². The SMILES string of the molecule is CCCCc1noc(CSc2nc3ccccc3c(=O)n2-c2ccc(OC)c(OC)c2)n1. The molecule has 0 bridgehead atoms. The molecule has 0 saturated carbocycles. The van der Waals surface area contributed by atoms with E-state index in [0.29, 0.717) is 50.7 Å². The lowest BCUT2D eigenvalue weighted by Crippen LogP contribution is -2.21. The summed E-state index contributed by atoms with van der Waals surface area (Å²) in [4.78, 5) is 22.6. The van der Waals surface area contributed by atoms with Gasteiger partial charge in [-0.1, -0.05) is 42.4 Å². The van der Waals surface area contributed by atoms with Crippen molar-refractivity contribution < 1.29 is 14.0 Å². The standard InChI is InChI=1S/C23H24N4O4S/c1-4-5-10-20-25-21(31-26-20)14-32-23-24-17-9-7-6-8-16(17)22(28)27(23)15-11-12-18(29-2)19(13-15)30-3/h6-9,11-13H,4-5,10,14H2,1-3H3. The molecule has 0 aliphatic heterocycles. The minimum absolute atomic E-state index is 0.167. The van der Waals surface area contributed by atoms with Gasteiger partial charge < -0.3 is 14.0 Å². The number of hydrogen-bond donors (Lipinski definition) is 0. The molecular formula is C23H24N4O4S. The molecule has 0 aliphatic rings. The first kappa shape index (κ1) is 21.9. The number of thioether (sulfide) groups is 1. The quantitative estimate of drug-likeness (QED) is 0.272. The molecule has 0 saturated heterocycles. The maximum absolute atomic E-state index is 13.4. The largest absolute Gasteiger partial charge is 0.493 e. The van der Waals surface area contributed by atoms with Crippen LogP contribution in [0.4, 0.5) is 0 Å². The molecule has 0 spiro atoms. The van der Waals surface area contributed by atoms with Gasteiger partial charge in [-0.15, -0.1) is 0 Å². The summed E-state index contributed by atoms with van der Waals surface area (Å²) < 4.78 is 17.7. The summed E-state index contributed by atoms with van der Waals surface area (Å²) in [5.74, 6) is 2.71. The molecule has 0 atom stereocenters. The highest BCUT2D eigenvalue weighted by Gasteiger charge is 2.17. The van der Waals surface area contributed by atoms with Gasteiger partial charge in [0.05, 0.1) is 36.6 Å². The lowest BCUT2D eigenvalue weighted by atomic mass is 10.2. The Kier molecular flexibility index (Phi) is 6.75. The van der Waals surface area contributed by atoms with Crippen LogP contribution in [0.5, 0.6) is 11.5 Å². The van der Waals surface area contributed by atoms with Gasteiger partial charge in [0, 0.05) is 12.5 Å².